The minimum absolute atomic E-state index is 0.136. The minimum atomic E-state index is -0.136. The molecule has 0 fully saturated rings. The molecule has 1 amide bonds. The number of rotatable bonds is 4. The van der Waals surface area contributed by atoms with Crippen LogP contribution in [0.4, 0.5) is 0 Å². The normalized spacial score (nSPS) is 16.1. The third-order valence-corrected chi connectivity index (χ3v) is 5.01. The number of para-hydroxylation sites is 1. The second kappa shape index (κ2) is 7.12. The van der Waals surface area contributed by atoms with Crippen molar-refractivity contribution in [1.29, 1.82) is 0 Å². The van der Waals surface area contributed by atoms with E-state index >= 15 is 0 Å². The summed E-state index contributed by atoms with van der Waals surface area (Å²) in [4.78, 5) is 21.9. The molecule has 1 unspecified atom stereocenters. The molecule has 1 N–H and O–H groups in total. The Labute approximate surface area is 152 Å². The number of carbonyl (C=O) groups excluding carboxylic acids is 1. The fourth-order valence-electron chi connectivity index (χ4n) is 3.72. The number of fused-ring (bicyclic) bond motifs is 2. The zero-order chi connectivity index (χ0) is 17.9. The first-order chi connectivity index (χ1) is 12.8. The summed E-state index contributed by atoms with van der Waals surface area (Å²) >= 11 is 0. The van der Waals surface area contributed by atoms with Crippen molar-refractivity contribution in [3.63, 3.8) is 0 Å². The van der Waals surface area contributed by atoms with Gasteiger partial charge >= 0.3 is 0 Å². The Hall–Kier alpha value is -2.95. The number of pyridine rings is 2. The molecule has 0 saturated heterocycles. The molecule has 132 valence electrons. The Morgan fingerprint density at radius 1 is 1.23 bits per heavy atom. The number of aromatic nitrogens is 2. The number of carbonyl (C=O) groups is 1. The van der Waals surface area contributed by atoms with Gasteiger partial charge in [-0.2, -0.15) is 0 Å². The number of ether oxygens (including phenoxy) is 1. The molecule has 0 bridgehead atoms. The highest BCUT2D eigenvalue weighted by molar-refractivity contribution is 6.08. The Bertz CT molecular complexity index is 955. The van der Waals surface area contributed by atoms with E-state index in [9.17, 15) is 4.79 Å². The highest BCUT2D eigenvalue weighted by Gasteiger charge is 2.23. The summed E-state index contributed by atoms with van der Waals surface area (Å²) in [6, 6.07) is 11.7. The van der Waals surface area contributed by atoms with Crippen LogP contribution in [-0.4, -0.2) is 29.5 Å². The molecular weight excluding hydrogens is 326 g/mol. The van der Waals surface area contributed by atoms with Gasteiger partial charge in [-0.05, 0) is 37.0 Å². The number of benzene rings is 1. The van der Waals surface area contributed by atoms with E-state index in [0.717, 1.165) is 35.9 Å². The lowest BCUT2D eigenvalue weighted by atomic mass is 9.86. The van der Waals surface area contributed by atoms with E-state index in [1.807, 2.05) is 36.5 Å². The third-order valence-electron chi connectivity index (χ3n) is 5.01. The number of aryl methyl sites for hydroxylation is 1. The van der Waals surface area contributed by atoms with Gasteiger partial charge in [0.2, 0.25) is 0 Å². The lowest BCUT2D eigenvalue weighted by Gasteiger charge is -2.24. The molecule has 1 aliphatic rings. The predicted octanol–water partition coefficient (Wildman–Crippen LogP) is 3.49. The average molecular weight is 347 g/mol. The SMILES string of the molecule is COc1cnc2ccccc2c1C(=O)NCC1CCCc2cccnc21. The maximum Gasteiger partial charge on any atom is 0.255 e. The molecule has 2 heterocycles. The van der Waals surface area contributed by atoms with Crippen LogP contribution in [0.25, 0.3) is 10.9 Å². The van der Waals surface area contributed by atoms with Crippen molar-refractivity contribution in [3.8, 4) is 5.75 Å². The fourth-order valence-corrected chi connectivity index (χ4v) is 3.72. The van der Waals surface area contributed by atoms with Gasteiger partial charge in [0.05, 0.1) is 24.4 Å². The van der Waals surface area contributed by atoms with E-state index in [-0.39, 0.29) is 11.8 Å². The summed E-state index contributed by atoms with van der Waals surface area (Å²) in [5.41, 5.74) is 3.73. The number of hydrogen-bond acceptors (Lipinski definition) is 4. The van der Waals surface area contributed by atoms with Gasteiger partial charge in [-0.15, -0.1) is 0 Å². The van der Waals surface area contributed by atoms with E-state index in [1.165, 1.54) is 5.56 Å². The van der Waals surface area contributed by atoms with E-state index < -0.39 is 0 Å². The maximum atomic E-state index is 13.0. The van der Waals surface area contributed by atoms with Crippen LogP contribution in [0.3, 0.4) is 0 Å². The van der Waals surface area contributed by atoms with E-state index in [4.69, 9.17) is 4.74 Å². The number of methoxy groups -OCH3 is 1. The van der Waals surface area contributed by atoms with Crippen LogP contribution >= 0.6 is 0 Å². The van der Waals surface area contributed by atoms with Crippen molar-refractivity contribution in [3.05, 3.63) is 65.6 Å². The molecule has 1 aromatic carbocycles. The van der Waals surface area contributed by atoms with Crippen LogP contribution in [0.5, 0.6) is 5.75 Å². The lowest BCUT2D eigenvalue weighted by Crippen LogP contribution is -2.30. The smallest absolute Gasteiger partial charge is 0.255 e. The van der Waals surface area contributed by atoms with Gasteiger partial charge in [-0.1, -0.05) is 24.3 Å². The monoisotopic (exact) mass is 347 g/mol. The van der Waals surface area contributed by atoms with Crippen LogP contribution in [0, 0.1) is 0 Å². The van der Waals surface area contributed by atoms with Crippen LogP contribution in [0.2, 0.25) is 0 Å². The zero-order valence-electron chi connectivity index (χ0n) is 14.7. The van der Waals surface area contributed by atoms with Crippen LogP contribution < -0.4 is 10.1 Å². The van der Waals surface area contributed by atoms with Gasteiger partial charge < -0.3 is 10.1 Å². The fraction of sp³-hybridized carbons (Fsp3) is 0.286. The molecule has 5 heteroatoms. The molecule has 0 aliphatic heterocycles. The Kier molecular flexibility index (Phi) is 4.52. The van der Waals surface area contributed by atoms with Crippen molar-refractivity contribution in [1.82, 2.24) is 15.3 Å². The first-order valence-corrected chi connectivity index (χ1v) is 8.91. The molecule has 0 saturated carbocycles. The summed E-state index contributed by atoms with van der Waals surface area (Å²) in [5, 5.41) is 3.89. The number of amides is 1. The van der Waals surface area contributed by atoms with Crippen LogP contribution in [0.15, 0.2) is 48.8 Å². The topological polar surface area (TPSA) is 64.1 Å². The van der Waals surface area contributed by atoms with E-state index in [1.54, 1.807) is 13.3 Å². The summed E-state index contributed by atoms with van der Waals surface area (Å²) in [5.74, 6) is 0.606. The van der Waals surface area contributed by atoms with Gasteiger partial charge in [-0.25, -0.2) is 0 Å². The molecule has 3 aromatic rings. The maximum absolute atomic E-state index is 13.0. The molecule has 2 aromatic heterocycles. The molecule has 26 heavy (non-hydrogen) atoms. The van der Waals surface area contributed by atoms with Crippen molar-refractivity contribution < 1.29 is 9.53 Å². The molecular formula is C21H21N3O2. The molecule has 4 rings (SSSR count). The first kappa shape index (κ1) is 16.5. The highest BCUT2D eigenvalue weighted by Crippen LogP contribution is 2.30. The largest absolute Gasteiger partial charge is 0.494 e. The van der Waals surface area contributed by atoms with E-state index in [0.29, 0.717) is 17.9 Å². The van der Waals surface area contributed by atoms with Gasteiger partial charge in [0.25, 0.3) is 5.91 Å². The van der Waals surface area contributed by atoms with Crippen molar-refractivity contribution in [2.75, 3.05) is 13.7 Å². The van der Waals surface area contributed by atoms with E-state index in [2.05, 4.69) is 21.4 Å². The Morgan fingerprint density at radius 3 is 3.00 bits per heavy atom. The molecule has 0 radical (unpaired) electrons. The standard InChI is InChI=1S/C21H21N3O2/c1-26-18-13-23-17-10-3-2-9-16(17)19(18)21(25)24-12-15-7-4-6-14-8-5-11-22-20(14)15/h2-3,5,8-11,13,15H,4,6-7,12H2,1H3,(H,24,25). The average Bonchev–Trinajstić information content (AvgIpc) is 2.71. The lowest BCUT2D eigenvalue weighted by molar-refractivity contribution is 0.0948. The zero-order valence-corrected chi connectivity index (χ0v) is 14.7. The van der Waals surface area contributed by atoms with Gasteiger partial charge in [0.1, 0.15) is 0 Å². The Balaban J connectivity index is 1.59. The van der Waals surface area contributed by atoms with Crippen LogP contribution in [0.1, 0.15) is 40.4 Å². The first-order valence-electron chi connectivity index (χ1n) is 8.91. The van der Waals surface area contributed by atoms with Crippen molar-refractivity contribution >= 4 is 16.8 Å². The second-order valence-electron chi connectivity index (χ2n) is 6.57. The van der Waals surface area contributed by atoms with Crippen molar-refractivity contribution in [2.24, 2.45) is 0 Å². The Morgan fingerprint density at radius 2 is 2.12 bits per heavy atom. The summed E-state index contributed by atoms with van der Waals surface area (Å²) < 4.78 is 5.39. The van der Waals surface area contributed by atoms with Gasteiger partial charge in [-0.3, -0.25) is 14.8 Å². The van der Waals surface area contributed by atoms with Crippen molar-refractivity contribution in [2.45, 2.75) is 25.2 Å². The summed E-state index contributed by atoms with van der Waals surface area (Å²) in [6.45, 7) is 0.572. The van der Waals surface area contributed by atoms with Gasteiger partial charge in [0, 0.05) is 29.7 Å². The number of nitrogens with one attached hydrogen (secondary N) is 1. The number of nitrogens with zero attached hydrogens (tertiary/aromatic N) is 2. The second-order valence-corrected chi connectivity index (χ2v) is 6.57. The quantitative estimate of drug-likeness (QED) is 0.785. The summed E-state index contributed by atoms with van der Waals surface area (Å²) in [6.07, 6.45) is 6.67. The molecule has 1 atom stereocenters. The highest BCUT2D eigenvalue weighted by atomic mass is 16.5. The molecule has 5 nitrogen and oxygen atoms in total. The summed E-state index contributed by atoms with van der Waals surface area (Å²) in [7, 11) is 1.56. The minimum Gasteiger partial charge on any atom is -0.494 e. The van der Waals surface area contributed by atoms with Gasteiger partial charge in [0.15, 0.2) is 5.75 Å². The van der Waals surface area contributed by atoms with Crippen LogP contribution in [-0.2, 0) is 6.42 Å². The molecule has 0 spiro atoms. The third kappa shape index (κ3) is 3.01. The molecule has 1 aliphatic carbocycles. The number of hydrogen-bond donors (Lipinski definition) is 1. The predicted molar refractivity (Wildman–Crippen MR) is 101 cm³/mol.